The Hall–Kier alpha value is -3.92. The summed E-state index contributed by atoms with van der Waals surface area (Å²) in [5.41, 5.74) is 1.50. The molecular formula is C25H27N3O6S. The van der Waals surface area contributed by atoms with Crippen LogP contribution in [0.3, 0.4) is 0 Å². The van der Waals surface area contributed by atoms with Crippen LogP contribution in [-0.4, -0.2) is 32.9 Å². The molecule has 0 aromatic heterocycles. The van der Waals surface area contributed by atoms with Crippen molar-refractivity contribution in [2.45, 2.75) is 31.2 Å². The smallest absolute Gasteiger partial charge is 0.271 e. The van der Waals surface area contributed by atoms with E-state index >= 15 is 0 Å². The van der Waals surface area contributed by atoms with Crippen molar-refractivity contribution in [2.75, 3.05) is 18.0 Å². The number of carbonyl (C=O) groups excluding carboxylic acids is 1. The first-order valence-electron chi connectivity index (χ1n) is 10.9. The van der Waals surface area contributed by atoms with Gasteiger partial charge in [0.1, 0.15) is 12.3 Å². The van der Waals surface area contributed by atoms with Gasteiger partial charge in [0.25, 0.3) is 15.7 Å². The monoisotopic (exact) mass is 497 g/mol. The molecule has 1 atom stereocenters. The van der Waals surface area contributed by atoms with E-state index in [0.29, 0.717) is 6.42 Å². The molecule has 0 bridgehead atoms. The van der Waals surface area contributed by atoms with Gasteiger partial charge in [-0.05, 0) is 48.7 Å². The van der Waals surface area contributed by atoms with E-state index in [4.69, 9.17) is 4.74 Å². The average molecular weight is 498 g/mol. The van der Waals surface area contributed by atoms with Crippen molar-refractivity contribution < 1.29 is 22.9 Å². The lowest BCUT2D eigenvalue weighted by molar-refractivity contribution is -0.384. The van der Waals surface area contributed by atoms with Gasteiger partial charge in [-0.1, -0.05) is 43.3 Å². The molecule has 10 heteroatoms. The molecule has 0 saturated carbocycles. The number of nitro groups is 1. The Bertz CT molecular complexity index is 1310. The van der Waals surface area contributed by atoms with Gasteiger partial charge >= 0.3 is 0 Å². The molecule has 0 heterocycles. The van der Waals surface area contributed by atoms with Gasteiger partial charge in [0.2, 0.25) is 5.91 Å². The normalized spacial score (nSPS) is 12.0. The SMILES string of the molecule is CC[C@H](NC(=O)CN(c1cccc([N+](=O)[O-])c1)S(=O)(=O)c1ccccc1)c1ccc(OC)c(C)c1. The molecule has 9 nitrogen and oxygen atoms in total. The van der Waals surface area contributed by atoms with Crippen LogP contribution in [0.15, 0.2) is 77.7 Å². The van der Waals surface area contributed by atoms with Crippen molar-refractivity contribution in [1.82, 2.24) is 5.32 Å². The third-order valence-electron chi connectivity index (χ3n) is 5.51. The molecule has 3 aromatic rings. The quantitative estimate of drug-likeness (QED) is 0.328. The first-order valence-corrected chi connectivity index (χ1v) is 12.4. The van der Waals surface area contributed by atoms with Crippen molar-refractivity contribution in [1.29, 1.82) is 0 Å². The number of hydrogen-bond acceptors (Lipinski definition) is 6. The van der Waals surface area contributed by atoms with Crippen LogP contribution in [0, 0.1) is 17.0 Å². The van der Waals surface area contributed by atoms with Gasteiger partial charge in [-0.15, -0.1) is 0 Å². The number of carbonyl (C=O) groups is 1. The summed E-state index contributed by atoms with van der Waals surface area (Å²) in [6.45, 7) is 3.25. The van der Waals surface area contributed by atoms with E-state index in [1.807, 2.05) is 32.0 Å². The molecule has 0 aliphatic heterocycles. The van der Waals surface area contributed by atoms with Gasteiger partial charge in [0, 0.05) is 12.1 Å². The van der Waals surface area contributed by atoms with E-state index in [0.717, 1.165) is 27.2 Å². The molecule has 3 rings (SSSR count). The van der Waals surface area contributed by atoms with E-state index in [1.54, 1.807) is 25.3 Å². The third-order valence-corrected chi connectivity index (χ3v) is 7.30. The number of methoxy groups -OCH3 is 1. The van der Waals surface area contributed by atoms with E-state index in [-0.39, 0.29) is 22.3 Å². The van der Waals surface area contributed by atoms with Crippen LogP contribution in [0.1, 0.15) is 30.5 Å². The molecular weight excluding hydrogens is 470 g/mol. The third kappa shape index (κ3) is 5.96. The number of nitrogens with zero attached hydrogens (tertiary/aromatic N) is 2. The molecule has 0 saturated heterocycles. The van der Waals surface area contributed by atoms with Crippen LogP contribution in [-0.2, 0) is 14.8 Å². The minimum Gasteiger partial charge on any atom is -0.496 e. The second-order valence-corrected chi connectivity index (χ2v) is 9.72. The number of anilines is 1. The Balaban J connectivity index is 1.94. The van der Waals surface area contributed by atoms with Crippen LogP contribution >= 0.6 is 0 Å². The Kier molecular flexibility index (Phi) is 8.08. The Labute approximate surface area is 204 Å². The van der Waals surface area contributed by atoms with E-state index in [1.165, 1.54) is 30.3 Å². The zero-order chi connectivity index (χ0) is 25.6. The Morgan fingerprint density at radius 3 is 2.40 bits per heavy atom. The molecule has 35 heavy (non-hydrogen) atoms. The zero-order valence-corrected chi connectivity index (χ0v) is 20.5. The molecule has 1 amide bonds. The van der Waals surface area contributed by atoms with Crippen LogP contribution in [0.5, 0.6) is 5.75 Å². The average Bonchev–Trinajstić information content (AvgIpc) is 2.86. The maximum Gasteiger partial charge on any atom is 0.271 e. The predicted octanol–water partition coefficient (Wildman–Crippen LogP) is 4.37. The molecule has 0 aliphatic carbocycles. The Morgan fingerprint density at radius 1 is 1.09 bits per heavy atom. The fraction of sp³-hybridized carbons (Fsp3) is 0.240. The summed E-state index contributed by atoms with van der Waals surface area (Å²) in [5.74, 6) is 0.178. The van der Waals surface area contributed by atoms with Gasteiger partial charge in [0.15, 0.2) is 0 Å². The number of nitro benzene ring substituents is 1. The predicted molar refractivity (Wildman–Crippen MR) is 133 cm³/mol. The van der Waals surface area contributed by atoms with E-state index < -0.39 is 27.4 Å². The molecule has 3 aromatic carbocycles. The van der Waals surface area contributed by atoms with Crippen molar-refractivity contribution in [3.63, 3.8) is 0 Å². The minimum atomic E-state index is -4.18. The molecule has 0 radical (unpaired) electrons. The summed E-state index contributed by atoms with van der Waals surface area (Å²) >= 11 is 0. The number of nitrogens with one attached hydrogen (secondary N) is 1. The lowest BCUT2D eigenvalue weighted by Crippen LogP contribution is -2.42. The first-order chi connectivity index (χ1) is 16.7. The summed E-state index contributed by atoms with van der Waals surface area (Å²) in [6, 6.07) is 18.0. The van der Waals surface area contributed by atoms with Gasteiger partial charge in [0.05, 0.1) is 28.7 Å². The highest BCUT2D eigenvalue weighted by Gasteiger charge is 2.29. The highest BCUT2D eigenvalue weighted by molar-refractivity contribution is 7.92. The topological polar surface area (TPSA) is 119 Å². The fourth-order valence-corrected chi connectivity index (χ4v) is 5.14. The van der Waals surface area contributed by atoms with Gasteiger partial charge < -0.3 is 10.1 Å². The molecule has 0 fully saturated rings. The van der Waals surface area contributed by atoms with Gasteiger partial charge in [-0.25, -0.2) is 8.42 Å². The number of rotatable bonds is 10. The van der Waals surface area contributed by atoms with Crippen LogP contribution in [0.25, 0.3) is 0 Å². The summed E-state index contributed by atoms with van der Waals surface area (Å²) in [5, 5.41) is 14.2. The largest absolute Gasteiger partial charge is 0.496 e. The number of non-ortho nitro benzene ring substituents is 1. The molecule has 0 spiro atoms. The highest BCUT2D eigenvalue weighted by atomic mass is 32.2. The van der Waals surface area contributed by atoms with Gasteiger partial charge in [-0.3, -0.25) is 19.2 Å². The van der Waals surface area contributed by atoms with Crippen molar-refractivity contribution in [3.05, 3.63) is 94.0 Å². The summed E-state index contributed by atoms with van der Waals surface area (Å²) in [7, 11) is -2.60. The lowest BCUT2D eigenvalue weighted by Gasteiger charge is -2.25. The standard InChI is InChI=1S/C25H27N3O6S/c1-4-23(19-13-14-24(34-3)18(2)15-19)26-25(29)17-27(20-9-8-10-21(16-20)28(30)31)35(32,33)22-11-6-5-7-12-22/h5-16,23H,4,17H2,1-3H3,(H,26,29)/t23-/m0/s1. The van der Waals surface area contributed by atoms with Crippen molar-refractivity contribution >= 4 is 27.3 Å². The van der Waals surface area contributed by atoms with Crippen LogP contribution < -0.4 is 14.4 Å². The van der Waals surface area contributed by atoms with Gasteiger partial charge in [-0.2, -0.15) is 0 Å². The number of ether oxygens (including phenoxy) is 1. The number of benzene rings is 3. The summed E-state index contributed by atoms with van der Waals surface area (Å²) < 4.78 is 33.1. The second-order valence-electron chi connectivity index (χ2n) is 7.86. The minimum absolute atomic E-state index is 0.0199. The number of sulfonamides is 1. The second kappa shape index (κ2) is 11.0. The van der Waals surface area contributed by atoms with E-state index in [9.17, 15) is 23.3 Å². The van der Waals surface area contributed by atoms with Crippen LogP contribution in [0.2, 0.25) is 0 Å². The first kappa shape index (κ1) is 25.7. The van der Waals surface area contributed by atoms with Crippen molar-refractivity contribution in [3.8, 4) is 5.75 Å². The maximum absolute atomic E-state index is 13.5. The van der Waals surface area contributed by atoms with E-state index in [2.05, 4.69) is 5.32 Å². The lowest BCUT2D eigenvalue weighted by atomic mass is 10.0. The summed E-state index contributed by atoms with van der Waals surface area (Å²) in [4.78, 5) is 23.7. The van der Waals surface area contributed by atoms with Crippen LogP contribution in [0.4, 0.5) is 11.4 Å². The molecule has 1 N–H and O–H groups in total. The fourth-order valence-electron chi connectivity index (χ4n) is 3.71. The molecule has 0 unspecified atom stereocenters. The number of amides is 1. The molecule has 184 valence electrons. The summed E-state index contributed by atoms with van der Waals surface area (Å²) in [6.07, 6.45) is 0.569. The molecule has 0 aliphatic rings. The maximum atomic E-state index is 13.5. The zero-order valence-electron chi connectivity index (χ0n) is 19.7. The number of aryl methyl sites for hydroxylation is 1. The Morgan fingerprint density at radius 2 is 1.80 bits per heavy atom. The number of hydrogen-bond donors (Lipinski definition) is 1. The highest BCUT2D eigenvalue weighted by Crippen LogP contribution is 2.28. The van der Waals surface area contributed by atoms with Crippen molar-refractivity contribution in [2.24, 2.45) is 0 Å².